The lowest BCUT2D eigenvalue weighted by atomic mass is 9.93. The Morgan fingerprint density at radius 1 is 0.528 bits per heavy atom. The van der Waals surface area contributed by atoms with Crippen molar-refractivity contribution in [2.45, 2.75) is 25.7 Å². The highest BCUT2D eigenvalue weighted by atomic mass is 16.3. The van der Waals surface area contributed by atoms with Gasteiger partial charge in [0.05, 0.1) is 11.0 Å². The molecule has 0 aliphatic heterocycles. The minimum absolute atomic E-state index is 0.970. The third kappa shape index (κ3) is 2.91. The van der Waals surface area contributed by atoms with Gasteiger partial charge in [-0.05, 0) is 78.3 Å². The Morgan fingerprint density at radius 2 is 1.14 bits per heavy atom. The van der Waals surface area contributed by atoms with Crippen LogP contribution in [0.1, 0.15) is 22.3 Å². The smallest absolute Gasteiger partial charge is 0.138 e. The minimum atomic E-state index is 0.970. The number of fused-ring (bicyclic) bond motifs is 4. The van der Waals surface area contributed by atoms with E-state index in [-0.39, 0.29) is 0 Å². The second-order valence-corrected chi connectivity index (χ2v) is 10.1. The fourth-order valence-electron chi connectivity index (χ4n) is 6.17. The molecular weight excluding hydrogens is 438 g/mol. The maximum atomic E-state index is 6.59. The van der Waals surface area contributed by atoms with Crippen LogP contribution in [0.15, 0.2) is 108 Å². The maximum absolute atomic E-state index is 6.59. The number of rotatable bonds is 1. The summed E-state index contributed by atoms with van der Waals surface area (Å²) in [5.74, 6) is 0. The summed E-state index contributed by atoms with van der Waals surface area (Å²) >= 11 is 0. The molecule has 2 heterocycles. The summed E-state index contributed by atoms with van der Waals surface area (Å²) in [4.78, 5) is 0. The van der Waals surface area contributed by atoms with Gasteiger partial charge in [0, 0.05) is 27.2 Å². The Bertz CT molecular complexity index is 1880. The van der Waals surface area contributed by atoms with Gasteiger partial charge in [-0.25, -0.2) is 0 Å². The number of nitrogens with zero attached hydrogens (tertiary/aromatic N) is 1. The van der Waals surface area contributed by atoms with Crippen LogP contribution in [-0.4, -0.2) is 4.57 Å². The average molecular weight is 464 g/mol. The predicted octanol–water partition coefficient (Wildman–Crippen LogP) is 8.57. The van der Waals surface area contributed by atoms with Gasteiger partial charge in [-0.2, -0.15) is 0 Å². The number of aromatic nitrogens is 1. The first-order valence-corrected chi connectivity index (χ1v) is 12.9. The van der Waals surface area contributed by atoms with Crippen LogP contribution in [0.4, 0.5) is 0 Å². The summed E-state index contributed by atoms with van der Waals surface area (Å²) in [6.07, 6.45) is 4.05. The molecule has 172 valence electrons. The highest BCUT2D eigenvalue weighted by Crippen LogP contribution is 2.38. The van der Waals surface area contributed by atoms with Crippen LogP contribution in [0.5, 0.6) is 0 Å². The number of hydrogen-bond acceptors (Lipinski definition) is 1. The van der Waals surface area contributed by atoms with Gasteiger partial charge in [0.25, 0.3) is 0 Å². The van der Waals surface area contributed by atoms with Crippen molar-refractivity contribution in [2.24, 2.45) is 0 Å². The monoisotopic (exact) mass is 463 g/mol. The van der Waals surface area contributed by atoms with Crippen molar-refractivity contribution in [1.29, 1.82) is 0 Å². The molecular formula is C34H25NO. The fraction of sp³-hybridized carbons (Fsp3) is 0.118. The summed E-state index contributed by atoms with van der Waals surface area (Å²) in [7, 11) is 0. The molecule has 2 heteroatoms. The zero-order chi connectivity index (χ0) is 23.6. The zero-order valence-corrected chi connectivity index (χ0v) is 20.0. The molecule has 0 unspecified atom stereocenters. The third-order valence-corrected chi connectivity index (χ3v) is 8.00. The minimum Gasteiger partial charge on any atom is -0.456 e. The Balaban J connectivity index is 1.39. The number of hydrogen-bond donors (Lipinski definition) is 0. The first-order valence-electron chi connectivity index (χ1n) is 12.9. The van der Waals surface area contributed by atoms with E-state index in [1.165, 1.54) is 60.5 Å². The Morgan fingerprint density at radius 3 is 1.83 bits per heavy atom. The van der Waals surface area contributed by atoms with Gasteiger partial charge in [0.15, 0.2) is 0 Å². The average Bonchev–Trinajstić information content (AvgIpc) is 3.46. The third-order valence-electron chi connectivity index (χ3n) is 8.00. The number of benzene rings is 5. The van der Waals surface area contributed by atoms with Gasteiger partial charge in [0.2, 0.25) is 0 Å². The first kappa shape index (κ1) is 19.9. The molecule has 4 aliphatic carbocycles. The number of para-hydroxylation sites is 2. The van der Waals surface area contributed by atoms with E-state index in [9.17, 15) is 0 Å². The molecule has 0 N–H and O–H groups in total. The van der Waals surface area contributed by atoms with Crippen molar-refractivity contribution < 1.29 is 4.42 Å². The lowest BCUT2D eigenvalue weighted by Gasteiger charge is -2.11. The topological polar surface area (TPSA) is 18.1 Å². The highest BCUT2D eigenvalue weighted by molar-refractivity contribution is 6.11. The first-order chi connectivity index (χ1) is 17.8. The molecule has 0 spiro atoms. The zero-order valence-electron chi connectivity index (χ0n) is 20.0. The largest absolute Gasteiger partial charge is 0.456 e. The van der Waals surface area contributed by atoms with Gasteiger partial charge in [0.1, 0.15) is 11.2 Å². The molecule has 2 nitrogen and oxygen atoms in total. The molecule has 0 saturated heterocycles. The van der Waals surface area contributed by atoms with Gasteiger partial charge < -0.3 is 8.98 Å². The van der Waals surface area contributed by atoms with Crippen LogP contribution in [0.3, 0.4) is 0 Å². The molecule has 0 atom stereocenters. The van der Waals surface area contributed by atoms with E-state index in [2.05, 4.69) is 108 Å². The van der Waals surface area contributed by atoms with Crippen molar-refractivity contribution in [3.05, 3.63) is 125 Å². The number of aryl methyl sites for hydroxylation is 4. The molecule has 4 bridgehead atoms. The molecule has 4 aliphatic rings. The number of furan rings is 1. The van der Waals surface area contributed by atoms with E-state index in [4.69, 9.17) is 4.42 Å². The fourth-order valence-corrected chi connectivity index (χ4v) is 6.17. The summed E-state index contributed by atoms with van der Waals surface area (Å²) < 4.78 is 8.98. The van der Waals surface area contributed by atoms with E-state index in [0.29, 0.717) is 0 Å². The summed E-state index contributed by atoms with van der Waals surface area (Å²) in [5, 5.41) is 5.08. The second-order valence-electron chi connectivity index (χ2n) is 10.1. The Labute approximate surface area is 209 Å². The lowest BCUT2D eigenvalue weighted by molar-refractivity contribution is 0.661. The quantitative estimate of drug-likeness (QED) is 0.238. The van der Waals surface area contributed by atoms with Gasteiger partial charge in [-0.15, -0.1) is 0 Å². The van der Waals surface area contributed by atoms with Crippen molar-refractivity contribution in [2.75, 3.05) is 0 Å². The van der Waals surface area contributed by atoms with Gasteiger partial charge in [-0.1, -0.05) is 72.8 Å². The molecule has 11 rings (SSSR count). The van der Waals surface area contributed by atoms with E-state index < -0.39 is 0 Å². The van der Waals surface area contributed by atoms with Crippen LogP contribution in [0.2, 0.25) is 0 Å². The second kappa shape index (κ2) is 7.60. The molecule has 0 radical (unpaired) electrons. The molecule has 36 heavy (non-hydrogen) atoms. The van der Waals surface area contributed by atoms with Gasteiger partial charge >= 0.3 is 0 Å². The van der Waals surface area contributed by atoms with Crippen molar-refractivity contribution in [1.82, 2.24) is 4.57 Å². The van der Waals surface area contributed by atoms with Crippen LogP contribution in [0.25, 0.3) is 49.4 Å². The standard InChI is InChI=1S/C34H25NO/c1-3-7-30-27(5-1)28-6-2-4-8-31(28)35(30)26-19-20-32-29(21-26)33-24-15-13-22-9-11-23(12-10-22)14-16-25(18-17-24)34(33)36-32/h1-12,17-21H,13-16H2. The van der Waals surface area contributed by atoms with E-state index >= 15 is 0 Å². The lowest BCUT2D eigenvalue weighted by Crippen LogP contribution is -1.99. The normalized spacial score (nSPS) is 13.7. The molecule has 2 aromatic heterocycles. The maximum Gasteiger partial charge on any atom is 0.138 e. The SMILES string of the molecule is c1ccc2c(c1)c1ccccc1n2-c1ccc2oc3c4ccc(c3c2c1)CCc1ccc(cc1)CC4. The molecule has 0 amide bonds. The van der Waals surface area contributed by atoms with E-state index in [1.807, 2.05) is 0 Å². The van der Waals surface area contributed by atoms with Crippen LogP contribution < -0.4 is 0 Å². The molecule has 5 aromatic carbocycles. The molecule has 0 fully saturated rings. The molecule has 0 saturated carbocycles. The Kier molecular flexibility index (Phi) is 4.21. The van der Waals surface area contributed by atoms with Crippen molar-refractivity contribution >= 4 is 43.7 Å². The van der Waals surface area contributed by atoms with Crippen molar-refractivity contribution in [3.8, 4) is 5.69 Å². The summed E-state index contributed by atoms with van der Waals surface area (Å²) in [5.41, 5.74) is 11.1. The highest BCUT2D eigenvalue weighted by Gasteiger charge is 2.18. The van der Waals surface area contributed by atoms with Crippen LogP contribution in [0, 0.1) is 0 Å². The Hall–Kier alpha value is -4.30. The summed E-state index contributed by atoms with van der Waals surface area (Å²) in [6.45, 7) is 0. The summed E-state index contributed by atoms with van der Waals surface area (Å²) in [6, 6.07) is 37.9. The van der Waals surface area contributed by atoms with E-state index in [0.717, 1.165) is 36.8 Å². The van der Waals surface area contributed by atoms with E-state index in [1.54, 1.807) is 0 Å². The van der Waals surface area contributed by atoms with Gasteiger partial charge in [-0.3, -0.25) is 0 Å². The molecule has 7 aromatic rings. The predicted molar refractivity (Wildman–Crippen MR) is 149 cm³/mol. The van der Waals surface area contributed by atoms with Crippen molar-refractivity contribution in [3.63, 3.8) is 0 Å². The van der Waals surface area contributed by atoms with Crippen LogP contribution in [-0.2, 0) is 25.7 Å². The van der Waals surface area contributed by atoms with Crippen LogP contribution >= 0.6 is 0 Å².